The molecule has 16 heavy (non-hydrogen) atoms. The Bertz CT molecular complexity index is 307. The Kier molecular flexibility index (Phi) is 5.86. The van der Waals surface area contributed by atoms with Gasteiger partial charge < -0.3 is 14.4 Å². The van der Waals surface area contributed by atoms with E-state index in [0.29, 0.717) is 0 Å². The molecule has 1 amide bonds. The fourth-order valence-corrected chi connectivity index (χ4v) is 2.62. The predicted molar refractivity (Wildman–Crippen MR) is 59.1 cm³/mol. The minimum absolute atomic E-state index is 0.379. The largest absolute Gasteiger partial charge is 0.359 e. The topological polar surface area (TPSA) is 81.7 Å². The molecular formula is C9H18NO5P. The molecule has 0 fully saturated rings. The first-order valence-electron chi connectivity index (χ1n) is 4.80. The zero-order chi connectivity index (χ0) is 12.9. The summed E-state index contributed by atoms with van der Waals surface area (Å²) < 4.78 is 21.5. The van der Waals surface area contributed by atoms with Crippen LogP contribution in [0, 0.1) is 5.92 Å². The van der Waals surface area contributed by atoms with Gasteiger partial charge >= 0.3 is 7.60 Å². The van der Waals surface area contributed by atoms with E-state index in [1.807, 2.05) is 0 Å². The fraction of sp³-hybridized carbons (Fsp3) is 0.778. The van der Waals surface area contributed by atoms with Crippen molar-refractivity contribution in [3.05, 3.63) is 0 Å². The Morgan fingerprint density at radius 2 is 1.62 bits per heavy atom. The summed E-state index contributed by atoms with van der Waals surface area (Å²) in [6.45, 7) is 4.52. The first-order valence-corrected chi connectivity index (χ1v) is 6.41. The molecule has 0 saturated heterocycles. The van der Waals surface area contributed by atoms with Crippen LogP contribution in [0.15, 0.2) is 0 Å². The Labute approximate surface area is 95.2 Å². The van der Waals surface area contributed by atoms with Crippen LogP contribution in [0.1, 0.15) is 20.8 Å². The molecular weight excluding hydrogens is 233 g/mol. The highest BCUT2D eigenvalue weighted by molar-refractivity contribution is 7.55. The highest BCUT2D eigenvalue weighted by Gasteiger charge is 2.41. The van der Waals surface area contributed by atoms with Crippen molar-refractivity contribution in [1.29, 1.82) is 0 Å². The van der Waals surface area contributed by atoms with Gasteiger partial charge in [0.2, 0.25) is 5.91 Å². The Morgan fingerprint density at radius 3 is 1.88 bits per heavy atom. The highest BCUT2D eigenvalue weighted by atomic mass is 31.2. The smallest absolute Gasteiger partial charge is 0.336 e. The van der Waals surface area contributed by atoms with Crippen LogP contribution < -0.4 is 5.32 Å². The van der Waals surface area contributed by atoms with Gasteiger partial charge in [0.05, 0.1) is 0 Å². The van der Waals surface area contributed by atoms with Crippen LogP contribution in [0.5, 0.6) is 0 Å². The maximum Gasteiger partial charge on any atom is 0.359 e. The molecule has 0 aliphatic heterocycles. The van der Waals surface area contributed by atoms with Crippen molar-refractivity contribution in [3.63, 3.8) is 0 Å². The Hall–Kier alpha value is -0.710. The SMILES string of the molecule is COP(=O)(OC)[C@H](NC(C)=O)C(=O)C(C)C. The molecule has 0 aromatic carbocycles. The fourth-order valence-electron chi connectivity index (χ4n) is 1.10. The van der Waals surface area contributed by atoms with Crippen molar-refractivity contribution < 1.29 is 23.2 Å². The van der Waals surface area contributed by atoms with Crippen LogP contribution in [0.4, 0.5) is 0 Å². The summed E-state index contributed by atoms with van der Waals surface area (Å²) in [5.74, 6) is -2.48. The van der Waals surface area contributed by atoms with E-state index in [4.69, 9.17) is 9.05 Å². The van der Waals surface area contributed by atoms with Crippen LogP contribution in [0.2, 0.25) is 0 Å². The maximum atomic E-state index is 12.1. The van der Waals surface area contributed by atoms with Crippen LogP contribution in [-0.4, -0.2) is 31.7 Å². The summed E-state index contributed by atoms with van der Waals surface area (Å²) in [6.07, 6.45) is 0. The van der Waals surface area contributed by atoms with Crippen LogP contribution in [-0.2, 0) is 23.2 Å². The normalized spacial score (nSPS) is 13.6. The molecule has 1 atom stereocenters. The second-order valence-electron chi connectivity index (χ2n) is 3.57. The number of Topliss-reactive ketones (excluding diaryl/α,β-unsaturated/α-hetero) is 1. The van der Waals surface area contributed by atoms with Gasteiger partial charge in [0.1, 0.15) is 0 Å². The number of ketones is 1. The summed E-state index contributed by atoms with van der Waals surface area (Å²) in [7, 11) is -1.29. The van der Waals surface area contributed by atoms with E-state index in [-0.39, 0.29) is 11.7 Å². The van der Waals surface area contributed by atoms with Gasteiger partial charge in [0.25, 0.3) is 0 Å². The number of hydrogen-bond donors (Lipinski definition) is 1. The quantitative estimate of drug-likeness (QED) is 0.716. The molecule has 0 spiro atoms. The average molecular weight is 251 g/mol. The average Bonchev–Trinajstić information content (AvgIpc) is 2.23. The summed E-state index contributed by atoms with van der Waals surface area (Å²) in [6, 6.07) is 0. The standard InChI is InChI=1S/C9H18NO5P/c1-6(2)8(12)9(10-7(3)11)16(13,14-4)15-5/h6,9H,1-5H3,(H,10,11)/t9-/m0/s1. The summed E-state index contributed by atoms with van der Waals surface area (Å²) in [5.41, 5.74) is 0. The zero-order valence-electron chi connectivity index (χ0n) is 10.1. The van der Waals surface area contributed by atoms with Gasteiger partial charge in [-0.1, -0.05) is 13.8 Å². The van der Waals surface area contributed by atoms with E-state index in [9.17, 15) is 14.2 Å². The molecule has 0 radical (unpaired) electrons. The predicted octanol–water partition coefficient (Wildman–Crippen LogP) is 1.16. The first kappa shape index (κ1) is 15.3. The van der Waals surface area contributed by atoms with Crippen LogP contribution in [0.3, 0.4) is 0 Å². The minimum Gasteiger partial charge on any atom is -0.336 e. The van der Waals surface area contributed by atoms with E-state index in [1.54, 1.807) is 13.8 Å². The molecule has 0 heterocycles. The van der Waals surface area contributed by atoms with Crippen LogP contribution in [0.25, 0.3) is 0 Å². The number of carbonyl (C=O) groups excluding carboxylic acids is 2. The minimum atomic E-state index is -3.64. The Morgan fingerprint density at radius 1 is 1.19 bits per heavy atom. The van der Waals surface area contributed by atoms with Crippen molar-refractivity contribution in [2.75, 3.05) is 14.2 Å². The molecule has 0 aromatic rings. The first-order chi connectivity index (χ1) is 7.28. The van der Waals surface area contributed by atoms with E-state index in [1.165, 1.54) is 21.1 Å². The van der Waals surface area contributed by atoms with Gasteiger partial charge in [-0.2, -0.15) is 0 Å². The number of rotatable bonds is 6. The zero-order valence-corrected chi connectivity index (χ0v) is 11.0. The van der Waals surface area contributed by atoms with Crippen molar-refractivity contribution in [2.45, 2.75) is 26.6 Å². The Balaban J connectivity index is 5.15. The van der Waals surface area contributed by atoms with Gasteiger partial charge in [-0.15, -0.1) is 0 Å². The van der Waals surface area contributed by atoms with Crippen molar-refractivity contribution >= 4 is 19.3 Å². The van der Waals surface area contributed by atoms with Gasteiger partial charge in [0.15, 0.2) is 11.6 Å². The monoisotopic (exact) mass is 251 g/mol. The molecule has 0 rings (SSSR count). The van der Waals surface area contributed by atoms with Gasteiger partial charge in [-0.25, -0.2) is 0 Å². The maximum absolute atomic E-state index is 12.1. The molecule has 0 aliphatic rings. The molecule has 6 nitrogen and oxygen atoms in total. The highest BCUT2D eigenvalue weighted by Crippen LogP contribution is 2.51. The lowest BCUT2D eigenvalue weighted by Crippen LogP contribution is -2.42. The number of carbonyl (C=O) groups is 2. The lowest BCUT2D eigenvalue weighted by Gasteiger charge is -2.24. The number of amides is 1. The third kappa shape index (κ3) is 3.70. The van der Waals surface area contributed by atoms with Gasteiger partial charge in [0, 0.05) is 27.1 Å². The second-order valence-corrected chi connectivity index (χ2v) is 5.89. The summed E-state index contributed by atoms with van der Waals surface area (Å²) >= 11 is 0. The van der Waals surface area contributed by atoms with Crippen molar-refractivity contribution in [1.82, 2.24) is 5.32 Å². The third-order valence-electron chi connectivity index (χ3n) is 2.00. The number of nitrogens with one attached hydrogen (secondary N) is 1. The lowest BCUT2D eigenvalue weighted by atomic mass is 10.1. The van der Waals surface area contributed by atoms with E-state index >= 15 is 0 Å². The van der Waals surface area contributed by atoms with Gasteiger partial charge in [-0.05, 0) is 0 Å². The van der Waals surface area contributed by atoms with E-state index < -0.39 is 19.3 Å². The molecule has 1 N–H and O–H groups in total. The van der Waals surface area contributed by atoms with Gasteiger partial charge in [-0.3, -0.25) is 14.2 Å². The molecule has 0 bridgehead atoms. The summed E-state index contributed by atoms with van der Waals surface area (Å²) in [5, 5.41) is 2.30. The number of hydrogen-bond acceptors (Lipinski definition) is 5. The van der Waals surface area contributed by atoms with Crippen LogP contribution >= 0.6 is 7.60 Å². The lowest BCUT2D eigenvalue weighted by molar-refractivity contribution is -0.127. The molecule has 7 heteroatoms. The van der Waals surface area contributed by atoms with Crippen molar-refractivity contribution in [2.24, 2.45) is 5.92 Å². The second kappa shape index (κ2) is 6.13. The molecule has 0 aliphatic carbocycles. The molecule has 0 saturated carbocycles. The van der Waals surface area contributed by atoms with E-state index in [0.717, 1.165) is 0 Å². The molecule has 0 unspecified atom stereocenters. The third-order valence-corrected chi connectivity index (χ3v) is 4.04. The van der Waals surface area contributed by atoms with E-state index in [2.05, 4.69) is 5.32 Å². The van der Waals surface area contributed by atoms with Crippen molar-refractivity contribution in [3.8, 4) is 0 Å². The summed E-state index contributed by atoms with van der Waals surface area (Å²) in [4.78, 5) is 22.8. The molecule has 94 valence electrons. The molecule has 0 aromatic heterocycles.